The molecule has 18 heavy (non-hydrogen) atoms. The van der Waals surface area contributed by atoms with E-state index in [0.717, 1.165) is 31.1 Å². The van der Waals surface area contributed by atoms with Crippen molar-refractivity contribution in [2.24, 2.45) is 5.41 Å². The second kappa shape index (κ2) is 6.34. The van der Waals surface area contributed by atoms with Gasteiger partial charge in [-0.05, 0) is 25.9 Å². The van der Waals surface area contributed by atoms with Gasteiger partial charge >= 0.3 is 0 Å². The van der Waals surface area contributed by atoms with Crippen molar-refractivity contribution in [1.29, 1.82) is 0 Å². The van der Waals surface area contributed by atoms with Gasteiger partial charge in [0.05, 0.1) is 12.2 Å². The molecule has 0 spiro atoms. The molecule has 4 heteroatoms. The highest BCUT2D eigenvalue weighted by atomic mass is 16.5. The standard InChI is InChI=1S/C14H27N3O/c1-7-15-9-12-8-13(18-16-12)10-17(6)11(2)14(3,4)5/h8,11,15H,7,9-10H2,1-6H3. The molecule has 1 aromatic heterocycles. The largest absolute Gasteiger partial charge is 0.360 e. The highest BCUT2D eigenvalue weighted by Gasteiger charge is 2.24. The summed E-state index contributed by atoms with van der Waals surface area (Å²) >= 11 is 0. The van der Waals surface area contributed by atoms with Gasteiger partial charge in [0.15, 0.2) is 5.76 Å². The molecule has 0 radical (unpaired) electrons. The number of hydrogen-bond acceptors (Lipinski definition) is 4. The summed E-state index contributed by atoms with van der Waals surface area (Å²) in [6.07, 6.45) is 0. The van der Waals surface area contributed by atoms with Gasteiger partial charge in [-0.15, -0.1) is 0 Å². The first-order valence-electron chi connectivity index (χ1n) is 6.70. The van der Waals surface area contributed by atoms with Gasteiger partial charge in [-0.25, -0.2) is 0 Å². The summed E-state index contributed by atoms with van der Waals surface area (Å²) in [5.74, 6) is 0.932. The van der Waals surface area contributed by atoms with Crippen LogP contribution in [-0.4, -0.2) is 29.7 Å². The predicted molar refractivity (Wildman–Crippen MR) is 74.3 cm³/mol. The van der Waals surface area contributed by atoms with E-state index >= 15 is 0 Å². The Kier molecular flexibility index (Phi) is 5.35. The molecule has 0 aliphatic heterocycles. The second-order valence-corrected chi connectivity index (χ2v) is 6.02. The number of hydrogen-bond donors (Lipinski definition) is 1. The number of nitrogens with zero attached hydrogens (tertiary/aromatic N) is 2. The molecule has 0 aromatic carbocycles. The SMILES string of the molecule is CCNCc1cc(CN(C)C(C)C(C)(C)C)on1. The Morgan fingerprint density at radius 2 is 2.11 bits per heavy atom. The van der Waals surface area contributed by atoms with Crippen LogP contribution in [0.5, 0.6) is 0 Å². The minimum absolute atomic E-state index is 0.265. The van der Waals surface area contributed by atoms with Crippen LogP contribution < -0.4 is 5.32 Å². The van der Waals surface area contributed by atoms with Crippen molar-refractivity contribution >= 4 is 0 Å². The molecule has 1 N–H and O–H groups in total. The topological polar surface area (TPSA) is 41.3 Å². The fourth-order valence-corrected chi connectivity index (χ4v) is 1.81. The van der Waals surface area contributed by atoms with Gasteiger partial charge < -0.3 is 9.84 Å². The first-order chi connectivity index (χ1) is 8.34. The van der Waals surface area contributed by atoms with Crippen molar-refractivity contribution in [1.82, 2.24) is 15.4 Å². The van der Waals surface area contributed by atoms with Gasteiger partial charge in [0, 0.05) is 18.7 Å². The normalized spacial score (nSPS) is 14.2. The van der Waals surface area contributed by atoms with E-state index in [4.69, 9.17) is 4.52 Å². The zero-order valence-electron chi connectivity index (χ0n) is 12.6. The highest BCUT2D eigenvalue weighted by molar-refractivity contribution is 5.05. The molecular formula is C14H27N3O. The average molecular weight is 253 g/mol. The van der Waals surface area contributed by atoms with E-state index in [2.05, 4.69) is 57.0 Å². The molecule has 0 saturated carbocycles. The third-order valence-corrected chi connectivity index (χ3v) is 3.48. The monoisotopic (exact) mass is 253 g/mol. The lowest BCUT2D eigenvalue weighted by Gasteiger charge is -2.34. The van der Waals surface area contributed by atoms with Gasteiger partial charge in [0.1, 0.15) is 0 Å². The van der Waals surface area contributed by atoms with E-state index < -0.39 is 0 Å². The molecule has 0 aliphatic rings. The van der Waals surface area contributed by atoms with E-state index in [0.29, 0.717) is 6.04 Å². The van der Waals surface area contributed by atoms with Crippen molar-refractivity contribution in [3.63, 3.8) is 0 Å². The molecule has 1 rings (SSSR count). The zero-order chi connectivity index (χ0) is 13.8. The third kappa shape index (κ3) is 4.42. The first-order valence-corrected chi connectivity index (χ1v) is 6.70. The Balaban J connectivity index is 2.54. The van der Waals surface area contributed by atoms with Crippen molar-refractivity contribution < 1.29 is 4.52 Å². The molecule has 0 amide bonds. The molecule has 0 aliphatic carbocycles. The van der Waals surface area contributed by atoms with E-state index in [-0.39, 0.29) is 5.41 Å². The molecule has 104 valence electrons. The van der Waals surface area contributed by atoms with Crippen LogP contribution in [-0.2, 0) is 13.1 Å². The van der Waals surface area contributed by atoms with Crippen molar-refractivity contribution in [3.8, 4) is 0 Å². The summed E-state index contributed by atoms with van der Waals surface area (Å²) in [7, 11) is 2.13. The van der Waals surface area contributed by atoms with Gasteiger partial charge in [0.2, 0.25) is 0 Å². The van der Waals surface area contributed by atoms with Gasteiger partial charge in [-0.1, -0.05) is 32.9 Å². The lowest BCUT2D eigenvalue weighted by atomic mass is 9.87. The van der Waals surface area contributed by atoms with Crippen molar-refractivity contribution in [2.75, 3.05) is 13.6 Å². The van der Waals surface area contributed by atoms with Crippen LogP contribution in [0.1, 0.15) is 46.1 Å². The summed E-state index contributed by atoms with van der Waals surface area (Å²) in [4.78, 5) is 2.30. The smallest absolute Gasteiger partial charge is 0.151 e. The minimum atomic E-state index is 0.265. The van der Waals surface area contributed by atoms with Gasteiger partial charge in [-0.2, -0.15) is 0 Å². The van der Waals surface area contributed by atoms with Gasteiger partial charge in [-0.3, -0.25) is 4.90 Å². The lowest BCUT2D eigenvalue weighted by molar-refractivity contribution is 0.124. The molecule has 1 unspecified atom stereocenters. The summed E-state index contributed by atoms with van der Waals surface area (Å²) in [6.45, 7) is 13.6. The van der Waals surface area contributed by atoms with Gasteiger partial charge in [0.25, 0.3) is 0 Å². The maximum absolute atomic E-state index is 5.36. The summed E-state index contributed by atoms with van der Waals surface area (Å²) in [6, 6.07) is 2.52. The van der Waals surface area contributed by atoms with Crippen LogP contribution >= 0.6 is 0 Å². The van der Waals surface area contributed by atoms with Crippen LogP contribution in [0.2, 0.25) is 0 Å². The summed E-state index contributed by atoms with van der Waals surface area (Å²) in [5, 5.41) is 7.31. The Labute approximate surface area is 111 Å². The fourth-order valence-electron chi connectivity index (χ4n) is 1.81. The minimum Gasteiger partial charge on any atom is -0.360 e. The molecule has 1 heterocycles. The van der Waals surface area contributed by atoms with Crippen LogP contribution in [0, 0.1) is 5.41 Å². The maximum atomic E-state index is 5.36. The van der Waals surface area contributed by atoms with Crippen molar-refractivity contribution in [3.05, 3.63) is 17.5 Å². The highest BCUT2D eigenvalue weighted by Crippen LogP contribution is 2.24. The van der Waals surface area contributed by atoms with Crippen LogP contribution in [0.25, 0.3) is 0 Å². The maximum Gasteiger partial charge on any atom is 0.151 e. The average Bonchev–Trinajstić information content (AvgIpc) is 2.71. The predicted octanol–water partition coefficient (Wildman–Crippen LogP) is 2.65. The molecule has 4 nitrogen and oxygen atoms in total. The molecule has 0 bridgehead atoms. The first kappa shape index (κ1) is 15.2. The Morgan fingerprint density at radius 1 is 1.44 bits per heavy atom. The fraction of sp³-hybridized carbons (Fsp3) is 0.786. The molecule has 1 aromatic rings. The lowest BCUT2D eigenvalue weighted by Crippen LogP contribution is -2.38. The van der Waals surface area contributed by atoms with E-state index in [1.165, 1.54) is 0 Å². The number of rotatable bonds is 6. The van der Waals surface area contributed by atoms with Crippen molar-refractivity contribution in [2.45, 2.75) is 53.8 Å². The third-order valence-electron chi connectivity index (χ3n) is 3.48. The summed E-state index contributed by atoms with van der Waals surface area (Å²) in [5.41, 5.74) is 1.24. The molecular weight excluding hydrogens is 226 g/mol. The van der Waals surface area contributed by atoms with Crippen LogP contribution in [0.4, 0.5) is 0 Å². The number of nitrogens with one attached hydrogen (secondary N) is 1. The second-order valence-electron chi connectivity index (χ2n) is 6.02. The Hall–Kier alpha value is -0.870. The van der Waals surface area contributed by atoms with E-state index in [1.807, 2.05) is 6.07 Å². The molecule has 0 saturated heterocycles. The zero-order valence-corrected chi connectivity index (χ0v) is 12.6. The molecule has 0 fully saturated rings. The quantitative estimate of drug-likeness (QED) is 0.846. The van der Waals surface area contributed by atoms with E-state index in [1.54, 1.807) is 0 Å². The van der Waals surface area contributed by atoms with E-state index in [9.17, 15) is 0 Å². The summed E-state index contributed by atoms with van der Waals surface area (Å²) < 4.78 is 5.36. The number of aromatic nitrogens is 1. The van der Waals surface area contributed by atoms with Crippen LogP contribution in [0.15, 0.2) is 10.6 Å². The Morgan fingerprint density at radius 3 is 2.67 bits per heavy atom. The molecule has 1 atom stereocenters. The Bertz CT molecular complexity index is 354. The van der Waals surface area contributed by atoms with Crippen LogP contribution in [0.3, 0.4) is 0 Å².